The molecule has 5 nitrogen and oxygen atoms in total. The third kappa shape index (κ3) is 3.06. The Morgan fingerprint density at radius 1 is 1.47 bits per heavy atom. The van der Waals surface area contributed by atoms with Gasteiger partial charge in [-0.3, -0.25) is 4.68 Å². The summed E-state index contributed by atoms with van der Waals surface area (Å²) in [6.07, 6.45) is 0. The maximum absolute atomic E-state index is 11.9. The predicted octanol–water partition coefficient (Wildman–Crippen LogP) is 2.32. The number of ether oxygens (including phenoxy) is 1. The fraction of sp³-hybridized carbons (Fsp3) is 0.231. The summed E-state index contributed by atoms with van der Waals surface area (Å²) in [4.78, 5) is 11.9. The number of aromatic nitrogens is 2. The molecule has 0 saturated heterocycles. The molecule has 0 aliphatic rings. The Morgan fingerprint density at radius 2 is 2.21 bits per heavy atom. The van der Waals surface area contributed by atoms with Gasteiger partial charge >= 0.3 is 5.97 Å². The number of carbonyl (C=O) groups is 1. The standard InChI is InChI=1S/C13H14ClN3O2/c1-8-5-10(17(2)16-8)7-19-13(18)11-4-3-9(15)6-12(11)14/h3-6H,7,15H2,1-2H3. The largest absolute Gasteiger partial charge is 0.456 e. The van der Waals surface area contributed by atoms with Crippen LogP contribution in [-0.4, -0.2) is 15.7 Å². The second kappa shape index (κ2) is 5.32. The van der Waals surface area contributed by atoms with Crippen LogP contribution >= 0.6 is 11.6 Å². The fourth-order valence-electron chi connectivity index (χ4n) is 1.71. The van der Waals surface area contributed by atoms with Gasteiger partial charge in [-0.25, -0.2) is 4.79 Å². The first-order chi connectivity index (χ1) is 8.97. The molecule has 0 amide bonds. The molecule has 0 spiro atoms. The number of nitrogen functional groups attached to an aromatic ring is 1. The van der Waals surface area contributed by atoms with E-state index in [1.807, 2.05) is 13.0 Å². The molecule has 2 rings (SSSR count). The topological polar surface area (TPSA) is 70.1 Å². The predicted molar refractivity (Wildman–Crippen MR) is 72.9 cm³/mol. The molecule has 0 aliphatic heterocycles. The van der Waals surface area contributed by atoms with Crippen LogP contribution in [0, 0.1) is 6.92 Å². The molecule has 1 aromatic carbocycles. The van der Waals surface area contributed by atoms with Crippen molar-refractivity contribution in [3.63, 3.8) is 0 Å². The van der Waals surface area contributed by atoms with E-state index in [1.165, 1.54) is 6.07 Å². The lowest BCUT2D eigenvalue weighted by molar-refractivity contribution is 0.0464. The lowest BCUT2D eigenvalue weighted by Gasteiger charge is -2.07. The molecule has 2 aromatic rings. The van der Waals surface area contributed by atoms with E-state index in [0.717, 1.165) is 11.4 Å². The molecule has 0 fully saturated rings. The van der Waals surface area contributed by atoms with Crippen molar-refractivity contribution in [2.45, 2.75) is 13.5 Å². The molecule has 100 valence electrons. The van der Waals surface area contributed by atoms with Crippen molar-refractivity contribution in [3.8, 4) is 0 Å². The molecule has 19 heavy (non-hydrogen) atoms. The van der Waals surface area contributed by atoms with Gasteiger partial charge in [0, 0.05) is 12.7 Å². The molecule has 6 heteroatoms. The van der Waals surface area contributed by atoms with Crippen LogP contribution in [0.2, 0.25) is 5.02 Å². The SMILES string of the molecule is Cc1cc(COC(=O)c2ccc(N)cc2Cl)n(C)n1. The highest BCUT2D eigenvalue weighted by atomic mass is 35.5. The van der Waals surface area contributed by atoms with Gasteiger partial charge < -0.3 is 10.5 Å². The van der Waals surface area contributed by atoms with Crippen LogP contribution in [0.5, 0.6) is 0 Å². The van der Waals surface area contributed by atoms with Crippen LogP contribution in [0.15, 0.2) is 24.3 Å². The Balaban J connectivity index is 2.07. The first-order valence-electron chi connectivity index (χ1n) is 5.69. The number of hydrogen-bond donors (Lipinski definition) is 1. The molecule has 0 bridgehead atoms. The first kappa shape index (κ1) is 13.4. The number of nitrogens with two attached hydrogens (primary N) is 1. The average molecular weight is 280 g/mol. The van der Waals surface area contributed by atoms with E-state index < -0.39 is 5.97 Å². The number of aryl methyl sites for hydroxylation is 2. The van der Waals surface area contributed by atoms with Crippen molar-refractivity contribution in [1.82, 2.24) is 9.78 Å². The van der Waals surface area contributed by atoms with Crippen molar-refractivity contribution in [1.29, 1.82) is 0 Å². The van der Waals surface area contributed by atoms with Gasteiger partial charge in [0.05, 0.1) is 22.0 Å². The van der Waals surface area contributed by atoms with Crippen LogP contribution < -0.4 is 5.73 Å². The van der Waals surface area contributed by atoms with E-state index in [2.05, 4.69) is 5.10 Å². The van der Waals surface area contributed by atoms with Crippen LogP contribution in [0.25, 0.3) is 0 Å². The third-order valence-corrected chi connectivity index (χ3v) is 2.98. The second-order valence-electron chi connectivity index (χ2n) is 4.22. The minimum Gasteiger partial charge on any atom is -0.456 e. The lowest BCUT2D eigenvalue weighted by Crippen LogP contribution is -2.08. The van der Waals surface area contributed by atoms with Crippen LogP contribution in [-0.2, 0) is 18.4 Å². The van der Waals surface area contributed by atoms with E-state index in [9.17, 15) is 4.79 Å². The lowest BCUT2D eigenvalue weighted by atomic mass is 10.2. The quantitative estimate of drug-likeness (QED) is 0.691. The highest BCUT2D eigenvalue weighted by Gasteiger charge is 2.13. The Labute approximate surface area is 115 Å². The Hall–Kier alpha value is -2.01. The van der Waals surface area contributed by atoms with Gasteiger partial charge in [0.15, 0.2) is 0 Å². The highest BCUT2D eigenvalue weighted by Crippen LogP contribution is 2.20. The van der Waals surface area contributed by atoms with Gasteiger partial charge in [-0.2, -0.15) is 5.10 Å². The molecule has 1 heterocycles. The second-order valence-corrected chi connectivity index (χ2v) is 4.62. The molecular weight excluding hydrogens is 266 g/mol. The molecule has 0 unspecified atom stereocenters. The van der Waals surface area contributed by atoms with Crippen molar-refractivity contribution >= 4 is 23.3 Å². The van der Waals surface area contributed by atoms with E-state index in [4.69, 9.17) is 22.1 Å². The first-order valence-corrected chi connectivity index (χ1v) is 6.07. The molecule has 0 saturated carbocycles. The molecule has 1 aromatic heterocycles. The maximum Gasteiger partial charge on any atom is 0.340 e. The summed E-state index contributed by atoms with van der Waals surface area (Å²) in [6.45, 7) is 2.03. The smallest absolute Gasteiger partial charge is 0.340 e. The van der Waals surface area contributed by atoms with E-state index in [1.54, 1.807) is 23.9 Å². The number of carbonyl (C=O) groups excluding carboxylic acids is 1. The summed E-state index contributed by atoms with van der Waals surface area (Å²) in [7, 11) is 1.80. The van der Waals surface area contributed by atoms with E-state index >= 15 is 0 Å². The number of nitrogens with zero attached hydrogens (tertiary/aromatic N) is 2. The number of rotatable bonds is 3. The summed E-state index contributed by atoms with van der Waals surface area (Å²) < 4.78 is 6.88. The minimum atomic E-state index is -0.483. The molecular formula is C13H14ClN3O2. The number of halogens is 1. The van der Waals surface area contributed by atoms with Crippen molar-refractivity contribution < 1.29 is 9.53 Å². The molecule has 0 aliphatic carbocycles. The zero-order valence-electron chi connectivity index (χ0n) is 10.7. The summed E-state index contributed by atoms with van der Waals surface area (Å²) in [5.41, 5.74) is 8.06. The molecule has 2 N–H and O–H groups in total. The number of hydrogen-bond acceptors (Lipinski definition) is 4. The van der Waals surface area contributed by atoms with Gasteiger partial charge in [-0.05, 0) is 31.2 Å². The van der Waals surface area contributed by atoms with Crippen molar-refractivity contribution in [2.75, 3.05) is 5.73 Å². The molecule has 0 radical (unpaired) electrons. The molecule has 0 atom stereocenters. The number of benzene rings is 1. The van der Waals surface area contributed by atoms with Gasteiger partial charge in [-0.15, -0.1) is 0 Å². The summed E-state index contributed by atoms with van der Waals surface area (Å²) >= 11 is 5.94. The van der Waals surface area contributed by atoms with Crippen LogP contribution in [0.3, 0.4) is 0 Å². The van der Waals surface area contributed by atoms with Crippen LogP contribution in [0.1, 0.15) is 21.7 Å². The number of esters is 1. The van der Waals surface area contributed by atoms with E-state index in [0.29, 0.717) is 11.3 Å². The maximum atomic E-state index is 11.9. The monoisotopic (exact) mass is 279 g/mol. The highest BCUT2D eigenvalue weighted by molar-refractivity contribution is 6.33. The van der Waals surface area contributed by atoms with Gasteiger partial charge in [0.1, 0.15) is 6.61 Å². The van der Waals surface area contributed by atoms with Crippen molar-refractivity contribution in [3.05, 3.63) is 46.2 Å². The van der Waals surface area contributed by atoms with Crippen LogP contribution in [0.4, 0.5) is 5.69 Å². The van der Waals surface area contributed by atoms with Gasteiger partial charge in [0.2, 0.25) is 0 Å². The summed E-state index contributed by atoms with van der Waals surface area (Å²) in [5, 5.41) is 4.46. The minimum absolute atomic E-state index is 0.150. The zero-order valence-corrected chi connectivity index (χ0v) is 11.4. The van der Waals surface area contributed by atoms with Gasteiger partial charge in [0.25, 0.3) is 0 Å². The number of anilines is 1. The van der Waals surface area contributed by atoms with Gasteiger partial charge in [-0.1, -0.05) is 11.6 Å². The zero-order chi connectivity index (χ0) is 14.0. The Kier molecular flexibility index (Phi) is 3.76. The van der Waals surface area contributed by atoms with Crippen molar-refractivity contribution in [2.24, 2.45) is 7.05 Å². The Bertz CT molecular complexity index is 622. The fourth-order valence-corrected chi connectivity index (χ4v) is 1.98. The average Bonchev–Trinajstić information content (AvgIpc) is 2.65. The summed E-state index contributed by atoms with van der Waals surface area (Å²) in [6, 6.07) is 6.54. The normalized spacial score (nSPS) is 10.5. The van der Waals surface area contributed by atoms with E-state index in [-0.39, 0.29) is 11.6 Å². The Morgan fingerprint density at radius 3 is 2.79 bits per heavy atom. The summed E-state index contributed by atoms with van der Waals surface area (Å²) in [5.74, 6) is -0.483. The third-order valence-electron chi connectivity index (χ3n) is 2.66.